The number of amides is 1. The van der Waals surface area contributed by atoms with Crippen molar-refractivity contribution < 1.29 is 14.7 Å². The van der Waals surface area contributed by atoms with Crippen molar-refractivity contribution in [1.29, 1.82) is 0 Å². The minimum atomic E-state index is -1.08. The third kappa shape index (κ3) is 3.28. The third-order valence-electron chi connectivity index (χ3n) is 4.09. The fourth-order valence-corrected chi connectivity index (χ4v) is 2.83. The van der Waals surface area contributed by atoms with E-state index in [2.05, 4.69) is 10.1 Å². The number of carbonyl (C=O) groups is 2. The van der Waals surface area contributed by atoms with Crippen LogP contribution in [0.3, 0.4) is 0 Å². The first kappa shape index (κ1) is 17.6. The Morgan fingerprint density at radius 3 is 2.54 bits per heavy atom. The Morgan fingerprint density at radius 2 is 1.92 bits per heavy atom. The van der Waals surface area contributed by atoms with Crippen LogP contribution >= 0.6 is 0 Å². The molecule has 134 valence electrons. The van der Waals surface area contributed by atoms with Gasteiger partial charge in [-0.2, -0.15) is 5.10 Å². The highest BCUT2D eigenvalue weighted by Gasteiger charge is 2.23. The van der Waals surface area contributed by atoms with E-state index in [-0.39, 0.29) is 6.04 Å². The van der Waals surface area contributed by atoms with Crippen LogP contribution in [0.5, 0.6) is 0 Å². The molecule has 3 rings (SSSR count). The number of hydrogen-bond acceptors (Lipinski definition) is 4. The van der Waals surface area contributed by atoms with Gasteiger partial charge < -0.3 is 5.11 Å². The lowest BCUT2D eigenvalue weighted by Crippen LogP contribution is -2.36. The van der Waals surface area contributed by atoms with Gasteiger partial charge in [0, 0.05) is 17.1 Å². The van der Waals surface area contributed by atoms with E-state index in [0.717, 1.165) is 5.39 Å². The summed E-state index contributed by atoms with van der Waals surface area (Å²) in [5, 5.41) is 14.3. The number of para-hydroxylation sites is 1. The molecule has 1 aromatic carbocycles. The summed E-state index contributed by atoms with van der Waals surface area (Å²) in [4.78, 5) is 30.1. The number of benzene rings is 1. The maximum atomic E-state index is 13.1. The molecule has 0 saturated carbocycles. The van der Waals surface area contributed by atoms with Crippen LogP contribution in [0.15, 0.2) is 42.6 Å². The van der Waals surface area contributed by atoms with Gasteiger partial charge in [-0.15, -0.1) is 0 Å². The Kier molecular flexibility index (Phi) is 4.71. The molecule has 7 nitrogen and oxygen atoms in total. The molecule has 0 bridgehead atoms. The molecular formula is C19H20N4O3. The summed E-state index contributed by atoms with van der Waals surface area (Å²) in [7, 11) is 0. The Labute approximate surface area is 150 Å². The van der Waals surface area contributed by atoms with Crippen LogP contribution < -0.4 is 4.90 Å². The predicted octanol–water partition coefficient (Wildman–Crippen LogP) is 3.05. The van der Waals surface area contributed by atoms with Gasteiger partial charge in [-0.25, -0.2) is 9.67 Å². The van der Waals surface area contributed by atoms with Crippen LogP contribution in [-0.4, -0.2) is 38.3 Å². The third-order valence-corrected chi connectivity index (χ3v) is 4.09. The SMILES string of the molecule is Cc1nc2c(cnn2C(C)C)cc1C(=O)N(CC(=O)O)c1ccccc1. The van der Waals surface area contributed by atoms with Gasteiger partial charge in [-0.1, -0.05) is 18.2 Å². The molecule has 0 aliphatic carbocycles. The molecule has 0 unspecified atom stereocenters. The highest BCUT2D eigenvalue weighted by Crippen LogP contribution is 2.23. The van der Waals surface area contributed by atoms with Crippen molar-refractivity contribution in [2.75, 3.05) is 11.4 Å². The number of aliphatic carboxylic acids is 1. The zero-order chi connectivity index (χ0) is 18.8. The first-order valence-corrected chi connectivity index (χ1v) is 8.32. The van der Waals surface area contributed by atoms with Crippen LogP contribution in [0.4, 0.5) is 5.69 Å². The molecule has 0 atom stereocenters. The number of nitrogens with zero attached hydrogens (tertiary/aromatic N) is 4. The number of carboxylic acid groups (broad SMARTS) is 1. The summed E-state index contributed by atoms with van der Waals surface area (Å²) in [5.41, 5.74) is 2.14. The minimum absolute atomic E-state index is 0.147. The quantitative estimate of drug-likeness (QED) is 0.762. The monoisotopic (exact) mass is 352 g/mol. The molecule has 2 aromatic heterocycles. The number of fused-ring (bicyclic) bond motifs is 1. The topological polar surface area (TPSA) is 88.3 Å². The summed E-state index contributed by atoms with van der Waals surface area (Å²) in [6.07, 6.45) is 1.67. The van der Waals surface area contributed by atoms with Crippen molar-refractivity contribution in [3.05, 3.63) is 53.9 Å². The molecular weight excluding hydrogens is 332 g/mol. The fraction of sp³-hybridized carbons (Fsp3) is 0.263. The van der Waals surface area contributed by atoms with Crippen LogP contribution in [0, 0.1) is 6.92 Å². The maximum Gasteiger partial charge on any atom is 0.323 e. The lowest BCUT2D eigenvalue weighted by atomic mass is 10.1. The molecule has 7 heteroatoms. The van der Waals surface area contributed by atoms with Gasteiger partial charge in [0.15, 0.2) is 5.65 Å². The van der Waals surface area contributed by atoms with Gasteiger partial charge >= 0.3 is 5.97 Å². The summed E-state index contributed by atoms with van der Waals surface area (Å²) < 4.78 is 1.79. The van der Waals surface area contributed by atoms with Crippen LogP contribution in [-0.2, 0) is 4.79 Å². The predicted molar refractivity (Wildman–Crippen MR) is 98.4 cm³/mol. The second-order valence-corrected chi connectivity index (χ2v) is 6.34. The van der Waals surface area contributed by atoms with Crippen molar-refractivity contribution >= 4 is 28.6 Å². The van der Waals surface area contributed by atoms with E-state index < -0.39 is 18.4 Å². The first-order chi connectivity index (χ1) is 12.4. The Hall–Kier alpha value is -3.22. The molecule has 26 heavy (non-hydrogen) atoms. The van der Waals surface area contributed by atoms with Gasteiger partial charge in [0.25, 0.3) is 5.91 Å². The van der Waals surface area contributed by atoms with Crippen molar-refractivity contribution in [1.82, 2.24) is 14.8 Å². The fourth-order valence-electron chi connectivity index (χ4n) is 2.83. The van der Waals surface area contributed by atoms with Crippen LogP contribution in [0.25, 0.3) is 11.0 Å². The van der Waals surface area contributed by atoms with Crippen LogP contribution in [0.1, 0.15) is 35.9 Å². The number of aromatic nitrogens is 3. The molecule has 0 fully saturated rings. The lowest BCUT2D eigenvalue weighted by Gasteiger charge is -2.21. The average Bonchev–Trinajstić information content (AvgIpc) is 3.02. The molecule has 0 aliphatic heterocycles. The number of carboxylic acids is 1. The van der Waals surface area contributed by atoms with E-state index in [4.69, 9.17) is 0 Å². The summed E-state index contributed by atoms with van der Waals surface area (Å²) >= 11 is 0. The number of aryl methyl sites for hydroxylation is 1. The Balaban J connectivity index is 2.06. The highest BCUT2D eigenvalue weighted by molar-refractivity contribution is 6.10. The lowest BCUT2D eigenvalue weighted by molar-refractivity contribution is -0.135. The second kappa shape index (κ2) is 6.95. The van der Waals surface area contributed by atoms with E-state index in [0.29, 0.717) is 22.6 Å². The Bertz CT molecular complexity index is 964. The standard InChI is InChI=1S/C19H20N4O3/c1-12(2)23-18-14(10-20-23)9-16(13(3)21-18)19(26)22(11-17(24)25)15-7-5-4-6-8-15/h4-10,12H,11H2,1-3H3,(H,24,25). The zero-order valence-electron chi connectivity index (χ0n) is 14.9. The van der Waals surface area contributed by atoms with Crippen molar-refractivity contribution in [3.8, 4) is 0 Å². The van der Waals surface area contributed by atoms with Crippen molar-refractivity contribution in [2.45, 2.75) is 26.8 Å². The average molecular weight is 352 g/mol. The normalized spacial score (nSPS) is 11.1. The largest absolute Gasteiger partial charge is 0.480 e. The van der Waals surface area contributed by atoms with Gasteiger partial charge in [-0.05, 0) is 39.0 Å². The summed E-state index contributed by atoms with van der Waals surface area (Å²) in [6, 6.07) is 10.6. The molecule has 0 radical (unpaired) electrons. The molecule has 1 N–H and O–H groups in total. The van der Waals surface area contributed by atoms with E-state index in [9.17, 15) is 14.7 Å². The number of hydrogen-bond donors (Lipinski definition) is 1. The minimum Gasteiger partial charge on any atom is -0.480 e. The van der Waals surface area contributed by atoms with E-state index in [1.807, 2.05) is 19.9 Å². The van der Waals surface area contributed by atoms with E-state index in [1.165, 1.54) is 4.90 Å². The van der Waals surface area contributed by atoms with E-state index >= 15 is 0 Å². The number of pyridine rings is 1. The summed E-state index contributed by atoms with van der Waals surface area (Å²) in [5.74, 6) is -1.48. The first-order valence-electron chi connectivity index (χ1n) is 8.32. The molecule has 0 aliphatic rings. The van der Waals surface area contributed by atoms with Gasteiger partial charge in [0.1, 0.15) is 6.54 Å². The van der Waals surface area contributed by atoms with Crippen molar-refractivity contribution in [2.24, 2.45) is 0 Å². The maximum absolute atomic E-state index is 13.1. The molecule has 3 aromatic rings. The molecule has 2 heterocycles. The van der Waals surface area contributed by atoms with E-state index in [1.54, 1.807) is 48.1 Å². The molecule has 0 saturated heterocycles. The summed E-state index contributed by atoms with van der Waals surface area (Å²) in [6.45, 7) is 5.33. The number of rotatable bonds is 5. The Morgan fingerprint density at radius 1 is 1.23 bits per heavy atom. The number of carbonyl (C=O) groups excluding carboxylic acids is 1. The second-order valence-electron chi connectivity index (χ2n) is 6.34. The smallest absolute Gasteiger partial charge is 0.323 e. The van der Waals surface area contributed by atoms with Gasteiger partial charge in [-0.3, -0.25) is 14.5 Å². The molecule has 1 amide bonds. The van der Waals surface area contributed by atoms with Gasteiger partial charge in [0.05, 0.1) is 17.5 Å². The highest BCUT2D eigenvalue weighted by atomic mass is 16.4. The molecule has 0 spiro atoms. The van der Waals surface area contributed by atoms with Crippen LogP contribution in [0.2, 0.25) is 0 Å². The van der Waals surface area contributed by atoms with Crippen molar-refractivity contribution in [3.63, 3.8) is 0 Å². The van der Waals surface area contributed by atoms with Gasteiger partial charge in [0.2, 0.25) is 0 Å². The number of anilines is 1. The zero-order valence-corrected chi connectivity index (χ0v) is 14.9.